The maximum absolute atomic E-state index is 13.2. The standard InChI is InChI=1S/C13H17F3N2O3S/c1-18(7-9-2-3-9)22(19,20)17-11-5-4-10(14)6-12(11)21-8-13(15)16/h4-6,9,13,17H,2-3,7-8H2,1H3. The molecule has 0 atom stereocenters. The number of alkyl halides is 2. The predicted octanol–water partition coefficient (Wildman–Crippen LogP) is 2.47. The van der Waals surface area contributed by atoms with Crippen molar-refractivity contribution in [1.29, 1.82) is 0 Å². The summed E-state index contributed by atoms with van der Waals surface area (Å²) in [6, 6.07) is 3.02. The molecule has 0 amide bonds. The Morgan fingerprint density at radius 2 is 2.09 bits per heavy atom. The molecule has 0 aliphatic heterocycles. The average molecular weight is 338 g/mol. The number of hydrogen-bond acceptors (Lipinski definition) is 3. The largest absolute Gasteiger partial charge is 0.485 e. The zero-order valence-electron chi connectivity index (χ0n) is 11.9. The van der Waals surface area contributed by atoms with Crippen LogP contribution in [-0.4, -0.2) is 39.3 Å². The second-order valence-electron chi connectivity index (χ2n) is 5.17. The number of nitrogens with zero attached hydrogens (tertiary/aromatic N) is 1. The summed E-state index contributed by atoms with van der Waals surface area (Å²) < 4.78 is 70.0. The van der Waals surface area contributed by atoms with Gasteiger partial charge in [0.05, 0.1) is 5.69 Å². The van der Waals surface area contributed by atoms with Crippen molar-refractivity contribution in [3.8, 4) is 5.75 Å². The van der Waals surface area contributed by atoms with Crippen molar-refractivity contribution >= 4 is 15.9 Å². The van der Waals surface area contributed by atoms with Crippen molar-refractivity contribution in [3.05, 3.63) is 24.0 Å². The number of benzene rings is 1. The van der Waals surface area contributed by atoms with Crippen LogP contribution in [0, 0.1) is 11.7 Å². The third-order valence-corrected chi connectivity index (χ3v) is 4.62. The van der Waals surface area contributed by atoms with E-state index in [2.05, 4.69) is 4.72 Å². The molecule has 2 rings (SSSR count). The fourth-order valence-electron chi connectivity index (χ4n) is 1.83. The molecule has 1 aliphatic carbocycles. The zero-order chi connectivity index (χ0) is 16.3. The maximum atomic E-state index is 13.2. The second kappa shape index (κ2) is 6.74. The van der Waals surface area contributed by atoms with Gasteiger partial charge in [-0.3, -0.25) is 4.72 Å². The van der Waals surface area contributed by atoms with Gasteiger partial charge in [0.15, 0.2) is 0 Å². The van der Waals surface area contributed by atoms with Crippen molar-refractivity contribution in [1.82, 2.24) is 4.31 Å². The molecular weight excluding hydrogens is 321 g/mol. The van der Waals surface area contributed by atoms with Crippen LogP contribution in [0.4, 0.5) is 18.9 Å². The summed E-state index contributed by atoms with van der Waals surface area (Å²) in [6.45, 7) is -0.570. The van der Waals surface area contributed by atoms with Crippen molar-refractivity contribution in [3.63, 3.8) is 0 Å². The minimum Gasteiger partial charge on any atom is -0.485 e. The highest BCUT2D eigenvalue weighted by molar-refractivity contribution is 7.90. The minimum atomic E-state index is -3.85. The van der Waals surface area contributed by atoms with Crippen LogP contribution in [0.25, 0.3) is 0 Å². The van der Waals surface area contributed by atoms with Gasteiger partial charge in [-0.05, 0) is 30.9 Å². The fraction of sp³-hybridized carbons (Fsp3) is 0.538. The van der Waals surface area contributed by atoms with E-state index in [1.165, 1.54) is 7.05 Å². The first-order valence-electron chi connectivity index (χ1n) is 6.72. The smallest absolute Gasteiger partial charge is 0.301 e. The van der Waals surface area contributed by atoms with Gasteiger partial charge in [0.25, 0.3) is 6.43 Å². The molecule has 5 nitrogen and oxygen atoms in total. The van der Waals surface area contributed by atoms with Crippen LogP contribution in [-0.2, 0) is 10.2 Å². The third-order valence-electron chi connectivity index (χ3n) is 3.17. The van der Waals surface area contributed by atoms with E-state index in [9.17, 15) is 21.6 Å². The molecule has 0 unspecified atom stereocenters. The van der Waals surface area contributed by atoms with E-state index < -0.39 is 29.1 Å². The summed E-state index contributed by atoms with van der Waals surface area (Å²) in [7, 11) is -2.43. The zero-order valence-corrected chi connectivity index (χ0v) is 12.7. The van der Waals surface area contributed by atoms with E-state index in [0.29, 0.717) is 12.5 Å². The van der Waals surface area contributed by atoms with Crippen LogP contribution in [0.5, 0.6) is 5.75 Å². The van der Waals surface area contributed by atoms with Crippen LogP contribution in [0.3, 0.4) is 0 Å². The molecule has 9 heteroatoms. The lowest BCUT2D eigenvalue weighted by Gasteiger charge is -2.19. The van der Waals surface area contributed by atoms with E-state index in [1.807, 2.05) is 0 Å². The summed E-state index contributed by atoms with van der Waals surface area (Å²) in [6.07, 6.45) is -0.775. The Hall–Kier alpha value is -1.48. The highest BCUT2D eigenvalue weighted by atomic mass is 32.2. The summed E-state index contributed by atoms with van der Waals surface area (Å²) >= 11 is 0. The summed E-state index contributed by atoms with van der Waals surface area (Å²) in [4.78, 5) is 0. The molecule has 0 heterocycles. The lowest BCUT2D eigenvalue weighted by molar-refractivity contribution is 0.0821. The molecule has 0 aromatic heterocycles. The molecule has 22 heavy (non-hydrogen) atoms. The number of rotatable bonds is 8. The summed E-state index contributed by atoms with van der Waals surface area (Å²) in [5.74, 6) is -0.633. The highest BCUT2D eigenvalue weighted by Gasteiger charge is 2.28. The van der Waals surface area contributed by atoms with Gasteiger partial charge in [-0.2, -0.15) is 12.7 Å². The number of hydrogen-bond donors (Lipinski definition) is 1. The van der Waals surface area contributed by atoms with Gasteiger partial charge >= 0.3 is 10.2 Å². The van der Waals surface area contributed by atoms with E-state index >= 15 is 0 Å². The molecule has 1 N–H and O–H groups in total. The van der Waals surface area contributed by atoms with Gasteiger partial charge in [0, 0.05) is 19.7 Å². The van der Waals surface area contributed by atoms with Gasteiger partial charge in [-0.15, -0.1) is 0 Å². The Morgan fingerprint density at radius 3 is 2.68 bits per heavy atom. The highest BCUT2D eigenvalue weighted by Crippen LogP contribution is 2.31. The first-order valence-corrected chi connectivity index (χ1v) is 8.16. The van der Waals surface area contributed by atoms with Crippen LogP contribution < -0.4 is 9.46 Å². The monoisotopic (exact) mass is 338 g/mol. The predicted molar refractivity (Wildman–Crippen MR) is 75.8 cm³/mol. The van der Waals surface area contributed by atoms with E-state index in [-0.39, 0.29) is 11.4 Å². The molecule has 0 spiro atoms. The summed E-state index contributed by atoms with van der Waals surface area (Å²) in [5, 5.41) is 0. The van der Waals surface area contributed by atoms with E-state index in [1.54, 1.807) is 0 Å². The van der Waals surface area contributed by atoms with Crippen LogP contribution in [0.15, 0.2) is 18.2 Å². The maximum Gasteiger partial charge on any atom is 0.301 e. The minimum absolute atomic E-state index is 0.0790. The Labute approximate surface area is 127 Å². The summed E-state index contributed by atoms with van der Waals surface area (Å²) in [5.41, 5.74) is -0.0790. The van der Waals surface area contributed by atoms with Crippen molar-refractivity contribution in [2.45, 2.75) is 19.3 Å². The van der Waals surface area contributed by atoms with E-state index in [0.717, 1.165) is 35.3 Å². The first-order chi connectivity index (χ1) is 10.3. The van der Waals surface area contributed by atoms with Gasteiger partial charge in [0.1, 0.15) is 18.2 Å². The van der Waals surface area contributed by atoms with E-state index in [4.69, 9.17) is 4.74 Å². The molecule has 1 aromatic carbocycles. The van der Waals surface area contributed by atoms with Crippen LogP contribution >= 0.6 is 0 Å². The molecular formula is C13H17F3N2O3S. The van der Waals surface area contributed by atoms with Crippen LogP contribution in [0.1, 0.15) is 12.8 Å². The number of halogens is 3. The molecule has 1 aromatic rings. The Morgan fingerprint density at radius 1 is 1.41 bits per heavy atom. The number of ether oxygens (including phenoxy) is 1. The van der Waals surface area contributed by atoms with Gasteiger partial charge in [-0.1, -0.05) is 0 Å². The quantitative estimate of drug-likeness (QED) is 0.792. The first kappa shape index (κ1) is 16.9. The second-order valence-corrected chi connectivity index (χ2v) is 6.95. The normalized spacial score (nSPS) is 15.4. The third kappa shape index (κ3) is 4.77. The number of nitrogens with one attached hydrogen (secondary N) is 1. The van der Waals surface area contributed by atoms with Gasteiger partial charge in [0.2, 0.25) is 0 Å². The molecule has 0 radical (unpaired) electrons. The molecule has 0 bridgehead atoms. The van der Waals surface area contributed by atoms with Gasteiger partial charge in [-0.25, -0.2) is 13.2 Å². The van der Waals surface area contributed by atoms with Crippen molar-refractivity contribution < 1.29 is 26.3 Å². The molecule has 1 fully saturated rings. The molecule has 124 valence electrons. The van der Waals surface area contributed by atoms with Crippen molar-refractivity contribution in [2.75, 3.05) is 24.9 Å². The van der Waals surface area contributed by atoms with Crippen LogP contribution in [0.2, 0.25) is 0 Å². The Bertz CT molecular complexity index is 621. The topological polar surface area (TPSA) is 58.6 Å². The number of anilines is 1. The average Bonchev–Trinajstić information content (AvgIpc) is 3.22. The Kier molecular flexibility index (Phi) is 5.17. The lowest BCUT2D eigenvalue weighted by Crippen LogP contribution is -2.34. The molecule has 1 saturated carbocycles. The SMILES string of the molecule is CN(CC1CC1)S(=O)(=O)Nc1ccc(F)cc1OCC(F)F. The molecule has 1 aliphatic rings. The van der Waals surface area contributed by atoms with Crippen molar-refractivity contribution in [2.24, 2.45) is 5.92 Å². The van der Waals surface area contributed by atoms with Gasteiger partial charge < -0.3 is 4.74 Å². The fourth-order valence-corrected chi connectivity index (χ4v) is 2.84. The molecule has 0 saturated heterocycles. The Balaban J connectivity index is 2.12. The lowest BCUT2D eigenvalue weighted by atomic mass is 10.3.